The summed E-state index contributed by atoms with van der Waals surface area (Å²) in [7, 11) is -3.57. The van der Waals surface area contributed by atoms with Crippen LogP contribution in [0.1, 0.15) is 5.56 Å². The zero-order valence-corrected chi connectivity index (χ0v) is 12.3. The molecule has 7 nitrogen and oxygen atoms in total. The van der Waals surface area contributed by atoms with E-state index in [1.807, 2.05) is 0 Å². The van der Waals surface area contributed by atoms with Crippen LogP contribution in [-0.4, -0.2) is 55.9 Å². The first kappa shape index (κ1) is 14.3. The molecule has 0 spiro atoms. The van der Waals surface area contributed by atoms with Gasteiger partial charge in [0.15, 0.2) is 0 Å². The van der Waals surface area contributed by atoms with Gasteiger partial charge in [-0.2, -0.15) is 4.31 Å². The quantitative estimate of drug-likeness (QED) is 0.790. The van der Waals surface area contributed by atoms with Gasteiger partial charge in [-0.25, -0.2) is 13.2 Å². The van der Waals surface area contributed by atoms with E-state index in [0.717, 1.165) is 0 Å². The molecule has 1 aromatic rings. The second kappa shape index (κ2) is 5.28. The highest BCUT2D eigenvalue weighted by Crippen LogP contribution is 2.24. The molecule has 1 aromatic carbocycles. The lowest BCUT2D eigenvalue weighted by atomic mass is 10.2. The Hall–Kier alpha value is -1.64. The molecule has 3 N–H and O–H groups in total. The largest absolute Gasteiger partial charge is 0.336 e. The number of fused-ring (bicyclic) bond motifs is 1. The summed E-state index contributed by atoms with van der Waals surface area (Å²) in [5, 5.41) is 2.74. The van der Waals surface area contributed by atoms with E-state index in [-0.39, 0.29) is 23.5 Å². The molecule has 8 heteroatoms. The standard InChI is InChI=1S/C13H18N4O3S/c14-7-10-3-1-2-4-12(10)21(19,20)16-5-6-17-11(9-16)8-15-13(17)18/h1-4,11H,5-9,14H2,(H,15,18). The summed E-state index contributed by atoms with van der Waals surface area (Å²) in [6.45, 7) is 1.72. The lowest BCUT2D eigenvalue weighted by Gasteiger charge is -2.35. The van der Waals surface area contributed by atoms with E-state index in [9.17, 15) is 13.2 Å². The molecule has 2 heterocycles. The maximum Gasteiger partial charge on any atom is 0.317 e. The summed E-state index contributed by atoms with van der Waals surface area (Å²) in [6.07, 6.45) is 0. The molecular weight excluding hydrogens is 292 g/mol. The fraction of sp³-hybridized carbons (Fsp3) is 0.462. The number of piperazine rings is 1. The number of nitrogens with zero attached hydrogens (tertiary/aromatic N) is 2. The Labute approximate surface area is 123 Å². The van der Waals surface area contributed by atoms with E-state index in [0.29, 0.717) is 31.7 Å². The number of carbonyl (C=O) groups excluding carboxylic acids is 1. The van der Waals surface area contributed by atoms with Crippen LogP contribution < -0.4 is 11.1 Å². The number of sulfonamides is 1. The average Bonchev–Trinajstić information content (AvgIpc) is 2.88. The van der Waals surface area contributed by atoms with Crippen LogP contribution in [0.15, 0.2) is 29.2 Å². The molecule has 2 aliphatic rings. The van der Waals surface area contributed by atoms with E-state index < -0.39 is 10.0 Å². The van der Waals surface area contributed by atoms with Crippen LogP contribution in [0.2, 0.25) is 0 Å². The van der Waals surface area contributed by atoms with Gasteiger partial charge in [0.2, 0.25) is 10.0 Å². The van der Waals surface area contributed by atoms with Gasteiger partial charge >= 0.3 is 6.03 Å². The molecule has 114 valence electrons. The van der Waals surface area contributed by atoms with E-state index in [4.69, 9.17) is 5.73 Å². The normalized spacial score (nSPS) is 23.0. The first-order valence-electron chi connectivity index (χ1n) is 6.86. The van der Waals surface area contributed by atoms with Crippen LogP contribution in [0.3, 0.4) is 0 Å². The number of urea groups is 1. The zero-order chi connectivity index (χ0) is 15.0. The molecule has 0 saturated carbocycles. The minimum Gasteiger partial charge on any atom is -0.336 e. The van der Waals surface area contributed by atoms with Crippen LogP contribution in [0, 0.1) is 0 Å². The summed E-state index contributed by atoms with van der Waals surface area (Å²) >= 11 is 0. The fourth-order valence-corrected chi connectivity index (χ4v) is 4.56. The number of hydrogen-bond donors (Lipinski definition) is 2. The highest BCUT2D eigenvalue weighted by molar-refractivity contribution is 7.89. The number of nitrogens with one attached hydrogen (secondary N) is 1. The Morgan fingerprint density at radius 2 is 2.05 bits per heavy atom. The second-order valence-electron chi connectivity index (χ2n) is 5.21. The van der Waals surface area contributed by atoms with E-state index in [1.165, 1.54) is 4.31 Å². The van der Waals surface area contributed by atoms with Gasteiger partial charge in [0.25, 0.3) is 0 Å². The van der Waals surface area contributed by atoms with Gasteiger partial charge in [-0.3, -0.25) is 0 Å². The SMILES string of the molecule is NCc1ccccc1S(=O)(=O)N1CCN2C(=O)NCC2C1. The Bertz CT molecular complexity index is 661. The summed E-state index contributed by atoms with van der Waals surface area (Å²) in [5.41, 5.74) is 6.25. The van der Waals surface area contributed by atoms with Crippen molar-refractivity contribution in [3.8, 4) is 0 Å². The van der Waals surface area contributed by atoms with E-state index in [2.05, 4.69) is 5.32 Å². The number of benzene rings is 1. The topological polar surface area (TPSA) is 95.7 Å². The number of carbonyl (C=O) groups is 1. The average molecular weight is 310 g/mol. The monoisotopic (exact) mass is 310 g/mol. The maximum atomic E-state index is 12.8. The molecular formula is C13H18N4O3S. The number of nitrogens with two attached hydrogens (primary N) is 1. The highest BCUT2D eigenvalue weighted by atomic mass is 32.2. The second-order valence-corrected chi connectivity index (χ2v) is 7.11. The smallest absolute Gasteiger partial charge is 0.317 e. The molecule has 0 bridgehead atoms. The Morgan fingerprint density at radius 1 is 1.29 bits per heavy atom. The van der Waals surface area contributed by atoms with Gasteiger partial charge < -0.3 is 16.0 Å². The van der Waals surface area contributed by atoms with Gasteiger partial charge in [0, 0.05) is 32.7 Å². The predicted octanol–water partition coefficient (Wildman–Crippen LogP) is -0.457. The number of amides is 2. The predicted molar refractivity (Wildman–Crippen MR) is 77.0 cm³/mol. The zero-order valence-electron chi connectivity index (χ0n) is 11.5. The summed E-state index contributed by atoms with van der Waals surface area (Å²) in [4.78, 5) is 13.5. The van der Waals surface area contributed by atoms with Gasteiger partial charge in [-0.05, 0) is 11.6 Å². The van der Waals surface area contributed by atoms with Crippen molar-refractivity contribution >= 4 is 16.1 Å². The Balaban J connectivity index is 1.88. The summed E-state index contributed by atoms with van der Waals surface area (Å²) < 4.78 is 27.0. The molecule has 1 atom stereocenters. The summed E-state index contributed by atoms with van der Waals surface area (Å²) in [6, 6.07) is 6.58. The third-order valence-electron chi connectivity index (χ3n) is 4.01. The molecule has 21 heavy (non-hydrogen) atoms. The van der Waals surface area contributed by atoms with Crippen molar-refractivity contribution in [2.75, 3.05) is 26.2 Å². The van der Waals surface area contributed by atoms with Crippen molar-refractivity contribution in [3.63, 3.8) is 0 Å². The first-order valence-corrected chi connectivity index (χ1v) is 8.30. The molecule has 1 unspecified atom stereocenters. The van der Waals surface area contributed by atoms with E-state index in [1.54, 1.807) is 29.2 Å². The Kier molecular flexibility index (Phi) is 3.60. The van der Waals surface area contributed by atoms with Crippen LogP contribution in [0.5, 0.6) is 0 Å². The number of hydrogen-bond acceptors (Lipinski definition) is 4. The Morgan fingerprint density at radius 3 is 2.81 bits per heavy atom. The van der Waals surface area contributed by atoms with Crippen molar-refractivity contribution in [1.29, 1.82) is 0 Å². The van der Waals surface area contributed by atoms with Crippen LogP contribution in [0.4, 0.5) is 4.79 Å². The molecule has 0 aromatic heterocycles. The van der Waals surface area contributed by atoms with Gasteiger partial charge in [0.1, 0.15) is 0 Å². The van der Waals surface area contributed by atoms with Crippen molar-refractivity contribution in [1.82, 2.24) is 14.5 Å². The molecule has 2 saturated heterocycles. The van der Waals surface area contributed by atoms with Crippen molar-refractivity contribution < 1.29 is 13.2 Å². The van der Waals surface area contributed by atoms with Crippen molar-refractivity contribution in [3.05, 3.63) is 29.8 Å². The van der Waals surface area contributed by atoms with E-state index >= 15 is 0 Å². The third-order valence-corrected chi connectivity index (χ3v) is 5.97. The minimum atomic E-state index is -3.57. The molecule has 0 radical (unpaired) electrons. The maximum absolute atomic E-state index is 12.8. The first-order chi connectivity index (χ1) is 10.0. The number of rotatable bonds is 3. The third kappa shape index (κ3) is 2.39. The van der Waals surface area contributed by atoms with Crippen LogP contribution in [0.25, 0.3) is 0 Å². The molecule has 2 amide bonds. The lowest BCUT2D eigenvalue weighted by Crippen LogP contribution is -2.53. The van der Waals surface area contributed by atoms with Gasteiger partial charge in [0.05, 0.1) is 10.9 Å². The molecule has 3 rings (SSSR count). The summed E-state index contributed by atoms with van der Waals surface area (Å²) in [5.74, 6) is 0. The molecule has 2 aliphatic heterocycles. The van der Waals surface area contributed by atoms with Crippen molar-refractivity contribution in [2.24, 2.45) is 5.73 Å². The highest BCUT2D eigenvalue weighted by Gasteiger charge is 2.40. The molecule has 2 fully saturated rings. The van der Waals surface area contributed by atoms with Gasteiger partial charge in [-0.1, -0.05) is 18.2 Å². The van der Waals surface area contributed by atoms with Gasteiger partial charge in [-0.15, -0.1) is 0 Å². The fourth-order valence-electron chi connectivity index (χ4n) is 2.86. The van der Waals surface area contributed by atoms with Crippen molar-refractivity contribution in [2.45, 2.75) is 17.5 Å². The van der Waals surface area contributed by atoms with Crippen LogP contribution in [-0.2, 0) is 16.6 Å². The minimum absolute atomic E-state index is 0.0916. The van der Waals surface area contributed by atoms with Crippen LogP contribution >= 0.6 is 0 Å². The molecule has 0 aliphatic carbocycles. The lowest BCUT2D eigenvalue weighted by molar-refractivity contribution is 0.164.